The normalized spacial score (nSPS) is 43.2. The largest absolute Gasteiger partial charge is 0.458 e. The van der Waals surface area contributed by atoms with Crippen molar-refractivity contribution in [2.24, 2.45) is 23.2 Å². The smallest absolute Gasteiger partial charge is 0.333 e. The predicted molar refractivity (Wildman–Crippen MR) is 118 cm³/mol. The second-order valence-electron chi connectivity index (χ2n) is 10.3. The van der Waals surface area contributed by atoms with Gasteiger partial charge in [-0.05, 0) is 72.8 Å². The Balaban J connectivity index is 1.53. The topological polar surface area (TPSA) is 66.8 Å². The third kappa shape index (κ3) is 3.73. The number of rotatable bonds is 3. The van der Waals surface area contributed by atoms with Crippen LogP contribution in [0.1, 0.15) is 65.2 Å². The summed E-state index contributed by atoms with van der Waals surface area (Å²) in [7, 11) is 0. The highest BCUT2D eigenvalue weighted by atomic mass is 16.5. The van der Waals surface area contributed by atoms with Crippen LogP contribution in [0.4, 0.5) is 0 Å². The van der Waals surface area contributed by atoms with Crippen LogP contribution in [-0.4, -0.2) is 34.5 Å². The van der Waals surface area contributed by atoms with Gasteiger partial charge in [0.25, 0.3) is 0 Å². The Labute approximate surface area is 180 Å². The molecule has 3 saturated carbocycles. The van der Waals surface area contributed by atoms with Gasteiger partial charge in [0.2, 0.25) is 0 Å². The summed E-state index contributed by atoms with van der Waals surface area (Å²) in [6.07, 6.45) is 10.6. The van der Waals surface area contributed by atoms with E-state index in [-0.39, 0.29) is 17.5 Å². The van der Waals surface area contributed by atoms with E-state index in [1.807, 2.05) is 0 Å². The summed E-state index contributed by atoms with van der Waals surface area (Å²) in [6.45, 7) is 12.6. The fraction of sp³-hybridized carbons (Fsp3) is 0.654. The van der Waals surface area contributed by atoms with Gasteiger partial charge in [-0.25, -0.2) is 4.79 Å². The van der Waals surface area contributed by atoms with Crippen LogP contribution in [0, 0.1) is 23.2 Å². The van der Waals surface area contributed by atoms with E-state index in [9.17, 15) is 15.0 Å². The molecule has 0 aromatic rings. The highest BCUT2D eigenvalue weighted by Crippen LogP contribution is 2.60. The monoisotopic (exact) mass is 412 g/mol. The number of carbonyl (C=O) groups excluding carboxylic acids is 1. The van der Waals surface area contributed by atoms with E-state index in [0.717, 1.165) is 17.6 Å². The molecular formula is C26H36O4. The number of esters is 1. The van der Waals surface area contributed by atoms with Gasteiger partial charge in [0.05, 0.1) is 12.2 Å². The van der Waals surface area contributed by atoms with Crippen LogP contribution in [0.5, 0.6) is 0 Å². The summed E-state index contributed by atoms with van der Waals surface area (Å²) in [4.78, 5) is 11.8. The number of fused-ring (bicyclic) bond motifs is 1. The quantitative estimate of drug-likeness (QED) is 0.524. The average molecular weight is 413 g/mol. The summed E-state index contributed by atoms with van der Waals surface area (Å²) >= 11 is 0. The van der Waals surface area contributed by atoms with Crippen LogP contribution in [0.15, 0.2) is 47.6 Å². The number of aliphatic hydroxyl groups excluding tert-OH is 2. The van der Waals surface area contributed by atoms with Crippen LogP contribution < -0.4 is 0 Å². The van der Waals surface area contributed by atoms with Crippen molar-refractivity contribution in [2.45, 2.75) is 83.5 Å². The Morgan fingerprint density at radius 1 is 1.20 bits per heavy atom. The number of hydrogen-bond donors (Lipinski definition) is 2. The average Bonchev–Trinajstić information content (AvgIpc) is 3.22. The van der Waals surface area contributed by atoms with Gasteiger partial charge in [-0.1, -0.05) is 44.7 Å². The molecule has 1 heterocycles. The Hall–Kier alpha value is -1.65. The molecule has 4 rings (SSSR count). The lowest BCUT2D eigenvalue weighted by atomic mass is 9.60. The van der Waals surface area contributed by atoms with E-state index >= 15 is 0 Å². The molecule has 2 N–H and O–H groups in total. The molecule has 1 saturated heterocycles. The van der Waals surface area contributed by atoms with Crippen molar-refractivity contribution in [2.75, 3.05) is 0 Å². The van der Waals surface area contributed by atoms with Gasteiger partial charge in [0, 0.05) is 18.4 Å². The number of hydrogen-bond acceptors (Lipinski definition) is 4. The number of allylic oxidation sites excluding steroid dienone is 3. The summed E-state index contributed by atoms with van der Waals surface area (Å²) in [5, 5.41) is 20.1. The van der Waals surface area contributed by atoms with Crippen molar-refractivity contribution in [1.82, 2.24) is 0 Å². The molecule has 164 valence electrons. The molecule has 0 bridgehead atoms. The first-order chi connectivity index (χ1) is 14.2. The molecule has 7 atom stereocenters. The van der Waals surface area contributed by atoms with Crippen molar-refractivity contribution >= 4 is 5.97 Å². The highest BCUT2D eigenvalue weighted by molar-refractivity contribution is 5.89. The van der Waals surface area contributed by atoms with Gasteiger partial charge in [0.1, 0.15) is 6.10 Å². The van der Waals surface area contributed by atoms with E-state index in [1.54, 1.807) is 0 Å². The first kappa shape index (κ1) is 21.6. The van der Waals surface area contributed by atoms with Gasteiger partial charge < -0.3 is 14.9 Å². The van der Waals surface area contributed by atoms with Gasteiger partial charge in [-0.2, -0.15) is 0 Å². The Morgan fingerprint density at radius 2 is 1.97 bits per heavy atom. The van der Waals surface area contributed by atoms with Crippen LogP contribution in [0.3, 0.4) is 0 Å². The molecule has 0 spiro atoms. The molecule has 4 nitrogen and oxygen atoms in total. The van der Waals surface area contributed by atoms with Crippen LogP contribution in [0.2, 0.25) is 0 Å². The predicted octanol–water partition coefficient (Wildman–Crippen LogP) is 4.64. The lowest BCUT2D eigenvalue weighted by molar-refractivity contribution is -0.142. The maximum atomic E-state index is 11.8. The van der Waals surface area contributed by atoms with Crippen molar-refractivity contribution in [3.63, 3.8) is 0 Å². The van der Waals surface area contributed by atoms with Gasteiger partial charge in [-0.3, -0.25) is 0 Å². The maximum absolute atomic E-state index is 11.8. The molecule has 30 heavy (non-hydrogen) atoms. The second-order valence-corrected chi connectivity index (χ2v) is 10.3. The minimum Gasteiger partial charge on any atom is -0.458 e. The molecule has 0 amide bonds. The zero-order valence-electron chi connectivity index (χ0n) is 18.4. The molecule has 4 aliphatic rings. The Kier molecular flexibility index (Phi) is 5.84. The summed E-state index contributed by atoms with van der Waals surface area (Å²) in [5.41, 5.74) is 4.04. The number of carbonyl (C=O) groups is 1. The molecular weight excluding hydrogens is 376 g/mol. The van der Waals surface area contributed by atoms with Gasteiger partial charge in [-0.15, -0.1) is 0 Å². The van der Waals surface area contributed by atoms with E-state index < -0.39 is 12.2 Å². The molecule has 1 aliphatic heterocycles. The SMILES string of the molecule is C=C1CC([C@@H](C)[C@H]2CC[C@H]3C(=CC=C4C[C@@H](O)C[C@H](O)C4=C)CCC[C@]23C)OC1=O. The molecule has 1 unspecified atom stereocenters. The Morgan fingerprint density at radius 3 is 2.67 bits per heavy atom. The molecule has 0 aromatic heterocycles. The van der Waals surface area contributed by atoms with Gasteiger partial charge >= 0.3 is 5.97 Å². The van der Waals surface area contributed by atoms with Gasteiger partial charge in [0.15, 0.2) is 0 Å². The van der Waals surface area contributed by atoms with Crippen molar-refractivity contribution in [1.29, 1.82) is 0 Å². The van der Waals surface area contributed by atoms with E-state index in [1.165, 1.54) is 31.3 Å². The molecule has 0 radical (unpaired) electrons. The van der Waals surface area contributed by atoms with Crippen LogP contribution in [-0.2, 0) is 9.53 Å². The zero-order valence-corrected chi connectivity index (χ0v) is 18.4. The lowest BCUT2D eigenvalue weighted by Crippen LogP contribution is -2.39. The van der Waals surface area contributed by atoms with E-state index in [2.05, 4.69) is 39.2 Å². The number of aliphatic hydroxyl groups is 2. The molecule has 0 aromatic carbocycles. The van der Waals surface area contributed by atoms with Crippen molar-refractivity contribution in [3.05, 3.63) is 47.6 Å². The summed E-state index contributed by atoms with van der Waals surface area (Å²) < 4.78 is 5.64. The second kappa shape index (κ2) is 8.12. The van der Waals surface area contributed by atoms with Crippen LogP contribution >= 0.6 is 0 Å². The maximum Gasteiger partial charge on any atom is 0.333 e. The first-order valence-corrected chi connectivity index (χ1v) is 11.5. The molecule has 3 aliphatic carbocycles. The van der Waals surface area contributed by atoms with Crippen molar-refractivity contribution < 1.29 is 19.7 Å². The summed E-state index contributed by atoms with van der Waals surface area (Å²) in [6, 6.07) is 0. The zero-order chi connectivity index (χ0) is 21.6. The van der Waals surface area contributed by atoms with E-state index in [0.29, 0.717) is 42.6 Å². The highest BCUT2D eigenvalue weighted by Gasteiger charge is 2.53. The first-order valence-electron chi connectivity index (χ1n) is 11.5. The third-order valence-corrected chi connectivity index (χ3v) is 8.52. The van der Waals surface area contributed by atoms with E-state index in [4.69, 9.17) is 4.74 Å². The minimum atomic E-state index is -0.643. The molecule has 4 fully saturated rings. The standard InChI is InChI=1S/C26H36O4/c1-15-12-24(30-25(15)29)17(3)21-9-10-22-18(6-5-11-26(21,22)4)7-8-19-13-20(27)14-23(28)16(19)2/h7-8,17,20-24,27-28H,1-2,5-6,9-14H2,3-4H3/t17-,20+,21+,22-,23-,24?,26+/m0/s1. The number of ether oxygens (including phenoxy) is 1. The minimum absolute atomic E-state index is 0.0319. The fourth-order valence-corrected chi connectivity index (χ4v) is 6.75. The number of cyclic esters (lactones) is 1. The fourth-order valence-electron chi connectivity index (χ4n) is 6.75. The summed E-state index contributed by atoms with van der Waals surface area (Å²) in [5.74, 6) is 1.20. The molecule has 4 heteroatoms. The third-order valence-electron chi connectivity index (χ3n) is 8.52. The van der Waals surface area contributed by atoms with Crippen LogP contribution in [0.25, 0.3) is 0 Å². The van der Waals surface area contributed by atoms with Crippen molar-refractivity contribution in [3.8, 4) is 0 Å². The Bertz CT molecular complexity index is 790. The lowest BCUT2D eigenvalue weighted by Gasteiger charge is -2.45.